The topological polar surface area (TPSA) is 80.7 Å². The van der Waals surface area contributed by atoms with E-state index in [9.17, 15) is 5.11 Å². The fraction of sp³-hybridized carbons (Fsp3) is 0.400. The van der Waals surface area contributed by atoms with Crippen LogP contribution in [0.4, 0.5) is 0 Å². The molecular formula is C20H19BrClN3O2S. The first-order chi connectivity index (χ1) is 13.4. The molecule has 1 saturated carbocycles. The SMILES string of the molecule is NC1=NC2(CS1)c1cc(Br)ccc1OC1CCC(O)(c3cncc(Cl)c3)CC12. The van der Waals surface area contributed by atoms with Gasteiger partial charge < -0.3 is 15.6 Å². The van der Waals surface area contributed by atoms with Crippen LogP contribution in [0.3, 0.4) is 0 Å². The number of halogens is 2. The molecular weight excluding hydrogens is 462 g/mol. The van der Waals surface area contributed by atoms with E-state index in [-0.39, 0.29) is 12.0 Å². The summed E-state index contributed by atoms with van der Waals surface area (Å²) in [7, 11) is 0. The number of aliphatic imine (C=N–C) groups is 1. The van der Waals surface area contributed by atoms with Crippen LogP contribution in [0.15, 0.2) is 46.1 Å². The Balaban J connectivity index is 1.62. The number of nitrogens with two attached hydrogens (primary N) is 1. The number of benzene rings is 1. The van der Waals surface area contributed by atoms with Gasteiger partial charge in [0, 0.05) is 39.7 Å². The van der Waals surface area contributed by atoms with E-state index in [4.69, 9.17) is 27.1 Å². The lowest BCUT2D eigenvalue weighted by molar-refractivity contribution is -0.0875. The fourth-order valence-electron chi connectivity index (χ4n) is 4.80. The zero-order valence-corrected chi connectivity index (χ0v) is 18.1. The van der Waals surface area contributed by atoms with Crippen molar-refractivity contribution in [3.8, 4) is 5.75 Å². The third-order valence-electron chi connectivity index (χ3n) is 6.14. The van der Waals surface area contributed by atoms with Crippen LogP contribution in [-0.4, -0.2) is 27.1 Å². The predicted octanol–water partition coefficient (Wildman–Crippen LogP) is 4.20. The van der Waals surface area contributed by atoms with Gasteiger partial charge in [-0.3, -0.25) is 4.98 Å². The van der Waals surface area contributed by atoms with Crippen molar-refractivity contribution in [2.75, 3.05) is 5.75 Å². The van der Waals surface area contributed by atoms with Gasteiger partial charge in [0.25, 0.3) is 0 Å². The third kappa shape index (κ3) is 2.86. The van der Waals surface area contributed by atoms with Crippen LogP contribution in [0, 0.1) is 5.92 Å². The predicted molar refractivity (Wildman–Crippen MR) is 115 cm³/mol. The highest BCUT2D eigenvalue weighted by Gasteiger charge is 2.57. The Kier molecular flexibility index (Phi) is 4.43. The van der Waals surface area contributed by atoms with Gasteiger partial charge in [0.2, 0.25) is 0 Å². The Hall–Kier alpha value is -1.28. The molecule has 0 amide bonds. The van der Waals surface area contributed by atoms with E-state index < -0.39 is 11.1 Å². The number of pyridine rings is 1. The molecule has 5 rings (SSSR count). The number of rotatable bonds is 1. The van der Waals surface area contributed by atoms with Crippen molar-refractivity contribution in [1.82, 2.24) is 4.98 Å². The van der Waals surface area contributed by atoms with Crippen molar-refractivity contribution in [3.63, 3.8) is 0 Å². The summed E-state index contributed by atoms with van der Waals surface area (Å²) >= 11 is 11.3. The molecule has 2 aliphatic heterocycles. The molecule has 1 aromatic carbocycles. The Bertz CT molecular complexity index is 990. The number of hydrogen-bond acceptors (Lipinski definition) is 6. The second kappa shape index (κ2) is 6.62. The Labute approximate surface area is 180 Å². The maximum Gasteiger partial charge on any atom is 0.154 e. The van der Waals surface area contributed by atoms with Crippen molar-refractivity contribution < 1.29 is 9.84 Å². The normalized spacial score (nSPS) is 33.8. The molecule has 0 saturated heterocycles. The molecule has 3 heterocycles. The average Bonchev–Trinajstić information content (AvgIpc) is 3.06. The number of thioether (sulfide) groups is 1. The first-order valence-corrected chi connectivity index (χ1v) is 11.3. The zero-order chi connectivity index (χ0) is 19.5. The first-order valence-electron chi connectivity index (χ1n) is 9.18. The standard InChI is InChI=1S/C20H19BrClN3O2S/c21-12-1-2-16-14(6-12)20(10-28-18(23)25-20)15-7-19(26,4-3-17(15)27-16)11-5-13(22)9-24-8-11/h1-2,5-6,8-9,15,17,26H,3-4,7,10H2,(H2,23,25). The quantitative estimate of drug-likeness (QED) is 0.639. The molecule has 5 nitrogen and oxygen atoms in total. The van der Waals surface area contributed by atoms with Gasteiger partial charge in [-0.05, 0) is 43.5 Å². The van der Waals surface area contributed by atoms with Gasteiger partial charge in [0.05, 0.1) is 10.6 Å². The number of nitrogens with zero attached hydrogens (tertiary/aromatic N) is 2. The summed E-state index contributed by atoms with van der Waals surface area (Å²) in [5.74, 6) is 1.61. The van der Waals surface area contributed by atoms with Gasteiger partial charge in [0.1, 0.15) is 17.4 Å². The summed E-state index contributed by atoms with van der Waals surface area (Å²) in [6.07, 6.45) is 5.10. The summed E-state index contributed by atoms with van der Waals surface area (Å²) < 4.78 is 7.35. The summed E-state index contributed by atoms with van der Waals surface area (Å²) in [5.41, 5.74) is 6.38. The molecule has 3 aliphatic rings. The average molecular weight is 481 g/mol. The van der Waals surface area contributed by atoms with Gasteiger partial charge in [-0.25, -0.2) is 4.99 Å². The maximum atomic E-state index is 11.6. The number of aliphatic hydroxyl groups is 1. The second-order valence-corrected chi connectivity index (χ2v) is 10.1. The van der Waals surface area contributed by atoms with Crippen molar-refractivity contribution in [3.05, 3.63) is 57.3 Å². The molecule has 1 aliphatic carbocycles. The lowest BCUT2D eigenvalue weighted by Crippen LogP contribution is -2.54. The van der Waals surface area contributed by atoms with Crippen molar-refractivity contribution >= 4 is 44.5 Å². The molecule has 0 radical (unpaired) electrons. The molecule has 4 atom stereocenters. The van der Waals surface area contributed by atoms with Gasteiger partial charge in [-0.1, -0.05) is 39.3 Å². The molecule has 4 unspecified atom stereocenters. The highest BCUT2D eigenvalue weighted by atomic mass is 79.9. The summed E-state index contributed by atoms with van der Waals surface area (Å²) in [6.45, 7) is 0. The molecule has 8 heteroatoms. The number of amidine groups is 1. The van der Waals surface area contributed by atoms with Crippen molar-refractivity contribution in [2.45, 2.75) is 36.5 Å². The molecule has 28 heavy (non-hydrogen) atoms. The maximum absolute atomic E-state index is 11.6. The minimum absolute atomic E-state index is 0.000539. The number of fused-ring (bicyclic) bond motifs is 4. The van der Waals surface area contributed by atoms with E-state index in [1.165, 1.54) is 0 Å². The molecule has 1 spiro atoms. The molecule has 1 aromatic heterocycles. The monoisotopic (exact) mass is 479 g/mol. The zero-order valence-electron chi connectivity index (χ0n) is 14.9. The van der Waals surface area contributed by atoms with Gasteiger partial charge >= 0.3 is 0 Å². The smallest absolute Gasteiger partial charge is 0.154 e. The van der Waals surface area contributed by atoms with E-state index in [1.54, 1.807) is 30.2 Å². The third-order valence-corrected chi connectivity index (χ3v) is 7.81. The van der Waals surface area contributed by atoms with Crippen LogP contribution in [0.1, 0.15) is 30.4 Å². The Morgan fingerprint density at radius 1 is 1.32 bits per heavy atom. The summed E-state index contributed by atoms with van der Waals surface area (Å²) in [6, 6.07) is 7.85. The molecule has 1 fully saturated rings. The van der Waals surface area contributed by atoms with E-state index in [0.717, 1.165) is 33.5 Å². The van der Waals surface area contributed by atoms with Gasteiger partial charge in [-0.15, -0.1) is 0 Å². The van der Waals surface area contributed by atoms with Crippen LogP contribution in [0.25, 0.3) is 0 Å². The lowest BCUT2D eigenvalue weighted by atomic mass is 9.63. The van der Waals surface area contributed by atoms with Crippen LogP contribution < -0.4 is 10.5 Å². The number of ether oxygens (including phenoxy) is 1. The van der Waals surface area contributed by atoms with Crippen LogP contribution in [0.5, 0.6) is 5.75 Å². The van der Waals surface area contributed by atoms with Gasteiger partial charge in [-0.2, -0.15) is 0 Å². The summed E-state index contributed by atoms with van der Waals surface area (Å²) in [5, 5.41) is 12.7. The highest BCUT2D eigenvalue weighted by molar-refractivity contribution is 9.10. The molecule has 2 aromatic rings. The largest absolute Gasteiger partial charge is 0.490 e. The highest BCUT2D eigenvalue weighted by Crippen LogP contribution is 2.57. The number of aromatic nitrogens is 1. The summed E-state index contributed by atoms with van der Waals surface area (Å²) in [4.78, 5) is 9.10. The molecule has 3 N–H and O–H groups in total. The molecule has 0 bridgehead atoms. The Morgan fingerprint density at radius 3 is 2.93 bits per heavy atom. The van der Waals surface area contributed by atoms with Crippen molar-refractivity contribution in [2.24, 2.45) is 16.6 Å². The Morgan fingerprint density at radius 2 is 2.18 bits per heavy atom. The minimum Gasteiger partial charge on any atom is -0.490 e. The number of hydrogen-bond donors (Lipinski definition) is 2. The van der Waals surface area contributed by atoms with Crippen LogP contribution >= 0.6 is 39.3 Å². The first kappa shape index (κ1) is 18.7. The van der Waals surface area contributed by atoms with Crippen molar-refractivity contribution in [1.29, 1.82) is 0 Å². The van der Waals surface area contributed by atoms with Crippen LogP contribution in [0.2, 0.25) is 5.02 Å². The molecule has 146 valence electrons. The lowest BCUT2D eigenvalue weighted by Gasteiger charge is -2.51. The minimum atomic E-state index is -1.02. The van der Waals surface area contributed by atoms with Crippen LogP contribution in [-0.2, 0) is 11.1 Å². The van der Waals surface area contributed by atoms with E-state index in [1.807, 2.05) is 12.1 Å². The van der Waals surface area contributed by atoms with E-state index in [0.29, 0.717) is 23.0 Å². The second-order valence-electron chi connectivity index (χ2n) is 7.73. The van der Waals surface area contributed by atoms with Gasteiger partial charge in [0.15, 0.2) is 5.17 Å². The van der Waals surface area contributed by atoms with E-state index in [2.05, 4.69) is 27.0 Å². The van der Waals surface area contributed by atoms with E-state index >= 15 is 0 Å². The fourth-order valence-corrected chi connectivity index (χ4v) is 6.37.